The summed E-state index contributed by atoms with van der Waals surface area (Å²) in [6.07, 6.45) is 1.22. The van der Waals surface area contributed by atoms with Gasteiger partial charge in [-0.15, -0.1) is 0 Å². The van der Waals surface area contributed by atoms with Gasteiger partial charge in [-0.25, -0.2) is 0 Å². The predicted molar refractivity (Wildman–Crippen MR) is 62.6 cm³/mol. The molecule has 14 heavy (non-hydrogen) atoms. The van der Waals surface area contributed by atoms with E-state index in [0.29, 0.717) is 0 Å². The molecular formula is C12H18ClN. The molecule has 0 aliphatic carbocycles. The van der Waals surface area contributed by atoms with Crippen LogP contribution >= 0.6 is 11.6 Å². The van der Waals surface area contributed by atoms with E-state index in [1.165, 1.54) is 12.0 Å². The fraction of sp³-hybridized carbons (Fsp3) is 0.500. The minimum Gasteiger partial charge on any atom is -0.312 e. The highest BCUT2D eigenvalue weighted by Crippen LogP contribution is 2.10. The molecule has 0 aliphatic heterocycles. The van der Waals surface area contributed by atoms with E-state index in [-0.39, 0.29) is 0 Å². The summed E-state index contributed by atoms with van der Waals surface area (Å²) in [7, 11) is 0. The maximum atomic E-state index is 5.89. The lowest BCUT2D eigenvalue weighted by atomic mass is 10.1. The maximum Gasteiger partial charge on any atom is 0.0409 e. The van der Waals surface area contributed by atoms with Crippen LogP contribution in [0.5, 0.6) is 0 Å². The molecule has 1 N–H and O–H groups in total. The third kappa shape index (κ3) is 4.12. The zero-order chi connectivity index (χ0) is 10.4. The van der Waals surface area contributed by atoms with Gasteiger partial charge in [0.15, 0.2) is 0 Å². The average Bonchev–Trinajstić information content (AvgIpc) is 2.17. The molecule has 78 valence electrons. The van der Waals surface area contributed by atoms with Gasteiger partial charge in [0.05, 0.1) is 0 Å². The zero-order valence-electron chi connectivity index (χ0n) is 8.89. The highest BCUT2D eigenvalue weighted by atomic mass is 35.5. The third-order valence-corrected chi connectivity index (χ3v) is 2.64. The van der Waals surface area contributed by atoms with Gasteiger partial charge in [0.1, 0.15) is 0 Å². The Labute approximate surface area is 91.5 Å². The summed E-state index contributed by atoms with van der Waals surface area (Å²) < 4.78 is 0. The predicted octanol–water partition coefficient (Wildman–Crippen LogP) is 3.48. The maximum absolute atomic E-state index is 5.89. The first-order valence-corrected chi connectivity index (χ1v) is 5.55. The van der Waals surface area contributed by atoms with Gasteiger partial charge >= 0.3 is 0 Å². The van der Waals surface area contributed by atoms with Crippen LogP contribution < -0.4 is 5.32 Å². The van der Waals surface area contributed by atoms with E-state index < -0.39 is 0 Å². The molecule has 0 heterocycles. The van der Waals surface area contributed by atoms with Crippen molar-refractivity contribution >= 4 is 11.6 Å². The van der Waals surface area contributed by atoms with Crippen LogP contribution in [0.15, 0.2) is 24.3 Å². The van der Waals surface area contributed by atoms with Gasteiger partial charge in [-0.1, -0.05) is 44.0 Å². The van der Waals surface area contributed by atoms with Crippen LogP contribution in [0, 0.1) is 5.92 Å². The minimum atomic E-state index is 0.745. The SMILES string of the molecule is CCC(C)CNCc1cccc(Cl)c1. The first-order valence-electron chi connectivity index (χ1n) is 5.17. The molecule has 1 aromatic rings. The molecule has 0 amide bonds. The van der Waals surface area contributed by atoms with Crippen LogP contribution in [0.1, 0.15) is 25.8 Å². The van der Waals surface area contributed by atoms with Gasteiger partial charge in [-0.05, 0) is 30.2 Å². The molecular weight excluding hydrogens is 194 g/mol. The highest BCUT2D eigenvalue weighted by Gasteiger charge is 1.98. The molecule has 0 bridgehead atoms. The van der Waals surface area contributed by atoms with Crippen molar-refractivity contribution in [2.75, 3.05) is 6.54 Å². The van der Waals surface area contributed by atoms with Crippen LogP contribution in [0.2, 0.25) is 5.02 Å². The Balaban J connectivity index is 2.31. The fourth-order valence-electron chi connectivity index (χ4n) is 1.25. The zero-order valence-corrected chi connectivity index (χ0v) is 9.64. The number of benzene rings is 1. The standard InChI is InChI=1S/C12H18ClN/c1-3-10(2)8-14-9-11-5-4-6-12(13)7-11/h4-7,10,14H,3,8-9H2,1-2H3. The quantitative estimate of drug-likeness (QED) is 0.787. The first-order chi connectivity index (χ1) is 6.72. The fourth-order valence-corrected chi connectivity index (χ4v) is 1.47. The smallest absolute Gasteiger partial charge is 0.0409 e. The Hall–Kier alpha value is -0.530. The Morgan fingerprint density at radius 2 is 2.21 bits per heavy atom. The second kappa shape index (κ2) is 6.05. The molecule has 0 radical (unpaired) electrons. The Bertz CT molecular complexity index is 273. The topological polar surface area (TPSA) is 12.0 Å². The first kappa shape index (κ1) is 11.5. The summed E-state index contributed by atoms with van der Waals surface area (Å²) in [5.74, 6) is 0.745. The molecule has 1 unspecified atom stereocenters. The van der Waals surface area contributed by atoms with E-state index in [4.69, 9.17) is 11.6 Å². The summed E-state index contributed by atoms with van der Waals surface area (Å²) in [4.78, 5) is 0. The molecule has 1 atom stereocenters. The van der Waals surface area contributed by atoms with Crippen molar-refractivity contribution in [2.24, 2.45) is 5.92 Å². The number of hydrogen-bond acceptors (Lipinski definition) is 1. The molecule has 0 fully saturated rings. The van der Waals surface area contributed by atoms with Gasteiger partial charge in [-0.3, -0.25) is 0 Å². The lowest BCUT2D eigenvalue weighted by molar-refractivity contribution is 0.500. The summed E-state index contributed by atoms with van der Waals surface area (Å²) in [6.45, 7) is 6.45. The van der Waals surface area contributed by atoms with Crippen LogP contribution in [0.3, 0.4) is 0 Å². The summed E-state index contributed by atoms with van der Waals surface area (Å²) in [5, 5.41) is 4.23. The molecule has 0 aliphatic rings. The molecule has 2 heteroatoms. The molecule has 0 spiro atoms. The normalized spacial score (nSPS) is 12.8. The van der Waals surface area contributed by atoms with Crippen molar-refractivity contribution < 1.29 is 0 Å². The molecule has 1 rings (SSSR count). The lowest BCUT2D eigenvalue weighted by Crippen LogP contribution is -2.20. The van der Waals surface area contributed by atoms with Gasteiger partial charge in [0.25, 0.3) is 0 Å². The van der Waals surface area contributed by atoms with Crippen LogP contribution in [0.4, 0.5) is 0 Å². The summed E-state index contributed by atoms with van der Waals surface area (Å²) >= 11 is 5.89. The van der Waals surface area contributed by atoms with E-state index in [2.05, 4.69) is 25.2 Å². The number of rotatable bonds is 5. The van der Waals surface area contributed by atoms with Gasteiger partial charge in [-0.2, -0.15) is 0 Å². The number of halogens is 1. The second-order valence-electron chi connectivity index (χ2n) is 3.77. The lowest BCUT2D eigenvalue weighted by Gasteiger charge is -2.09. The van der Waals surface area contributed by atoms with E-state index >= 15 is 0 Å². The molecule has 0 saturated heterocycles. The number of hydrogen-bond donors (Lipinski definition) is 1. The monoisotopic (exact) mass is 211 g/mol. The van der Waals surface area contributed by atoms with Crippen LogP contribution in [0.25, 0.3) is 0 Å². The highest BCUT2D eigenvalue weighted by molar-refractivity contribution is 6.30. The average molecular weight is 212 g/mol. The summed E-state index contributed by atoms with van der Waals surface area (Å²) in [5.41, 5.74) is 1.25. The Kier molecular flexibility index (Phi) is 4.99. The van der Waals surface area contributed by atoms with Gasteiger partial charge < -0.3 is 5.32 Å². The van der Waals surface area contributed by atoms with Crippen molar-refractivity contribution in [3.63, 3.8) is 0 Å². The number of nitrogens with one attached hydrogen (secondary N) is 1. The van der Waals surface area contributed by atoms with Crippen LogP contribution in [-0.2, 0) is 6.54 Å². The minimum absolute atomic E-state index is 0.745. The van der Waals surface area contributed by atoms with E-state index in [1.807, 2.05) is 18.2 Å². The summed E-state index contributed by atoms with van der Waals surface area (Å²) in [6, 6.07) is 7.99. The molecule has 1 nitrogen and oxygen atoms in total. The van der Waals surface area contributed by atoms with Crippen molar-refractivity contribution in [3.05, 3.63) is 34.9 Å². The third-order valence-electron chi connectivity index (χ3n) is 2.41. The Morgan fingerprint density at radius 3 is 2.86 bits per heavy atom. The van der Waals surface area contributed by atoms with Crippen molar-refractivity contribution in [1.29, 1.82) is 0 Å². The molecule has 0 saturated carbocycles. The van der Waals surface area contributed by atoms with E-state index in [0.717, 1.165) is 24.0 Å². The van der Waals surface area contributed by atoms with Crippen molar-refractivity contribution in [3.8, 4) is 0 Å². The van der Waals surface area contributed by atoms with Crippen LogP contribution in [-0.4, -0.2) is 6.54 Å². The van der Waals surface area contributed by atoms with Crippen molar-refractivity contribution in [1.82, 2.24) is 5.32 Å². The second-order valence-corrected chi connectivity index (χ2v) is 4.21. The Morgan fingerprint density at radius 1 is 1.43 bits per heavy atom. The van der Waals surface area contributed by atoms with Gasteiger partial charge in [0, 0.05) is 11.6 Å². The molecule has 1 aromatic carbocycles. The van der Waals surface area contributed by atoms with Gasteiger partial charge in [0.2, 0.25) is 0 Å². The van der Waals surface area contributed by atoms with Crippen molar-refractivity contribution in [2.45, 2.75) is 26.8 Å². The van der Waals surface area contributed by atoms with E-state index in [1.54, 1.807) is 0 Å². The van der Waals surface area contributed by atoms with E-state index in [9.17, 15) is 0 Å². The largest absolute Gasteiger partial charge is 0.312 e. The molecule has 0 aromatic heterocycles.